The smallest absolute Gasteiger partial charge is 0.253 e. The van der Waals surface area contributed by atoms with Crippen LogP contribution >= 0.6 is 0 Å². The van der Waals surface area contributed by atoms with Gasteiger partial charge in [0, 0.05) is 38.1 Å². The topological polar surface area (TPSA) is 48.0 Å². The normalized spacial score (nSPS) is 23.0. The van der Waals surface area contributed by atoms with Crippen molar-refractivity contribution in [2.24, 2.45) is 0 Å². The van der Waals surface area contributed by atoms with Gasteiger partial charge in [-0.2, -0.15) is 0 Å². The number of ether oxygens (including phenoxy) is 3. The molecule has 0 bridgehead atoms. The Labute approximate surface area is 185 Å². The van der Waals surface area contributed by atoms with Gasteiger partial charge in [0.15, 0.2) is 0 Å². The van der Waals surface area contributed by atoms with Crippen LogP contribution in [0.2, 0.25) is 0 Å². The minimum absolute atomic E-state index is 0.0398. The van der Waals surface area contributed by atoms with Crippen LogP contribution in [-0.2, 0) is 9.47 Å². The molecule has 0 N–H and O–H groups in total. The lowest BCUT2D eigenvalue weighted by molar-refractivity contribution is -0.190. The lowest BCUT2D eigenvalue weighted by Crippen LogP contribution is -2.52. The van der Waals surface area contributed by atoms with E-state index in [1.807, 2.05) is 36.1 Å². The molecule has 166 valence electrons. The second-order valence-electron chi connectivity index (χ2n) is 8.69. The molecule has 4 rings (SSSR count). The van der Waals surface area contributed by atoms with Crippen LogP contribution in [0.15, 0.2) is 48.5 Å². The van der Waals surface area contributed by atoms with E-state index in [2.05, 4.69) is 31.2 Å². The molecule has 2 atom stereocenters. The predicted molar refractivity (Wildman–Crippen MR) is 121 cm³/mol. The van der Waals surface area contributed by atoms with Gasteiger partial charge in [-0.05, 0) is 56.0 Å². The van der Waals surface area contributed by atoms with Crippen LogP contribution in [0.4, 0.5) is 0 Å². The molecule has 0 saturated carbocycles. The van der Waals surface area contributed by atoms with E-state index in [0.717, 1.165) is 37.0 Å². The number of hydrogen-bond acceptors (Lipinski definition) is 4. The molecule has 2 aliphatic heterocycles. The van der Waals surface area contributed by atoms with Crippen molar-refractivity contribution in [3.8, 4) is 5.75 Å². The SMILES string of the molecule is CCOC1CC(c2ccccc2)OC2(CCN(C(=O)c3ccc(OC)c(C)c3)CC2)C1. The van der Waals surface area contributed by atoms with Crippen LogP contribution in [0.1, 0.15) is 60.2 Å². The molecule has 0 aliphatic carbocycles. The Hall–Kier alpha value is -2.37. The highest BCUT2D eigenvalue weighted by Crippen LogP contribution is 2.44. The Balaban J connectivity index is 1.46. The first-order valence-electron chi connectivity index (χ1n) is 11.3. The predicted octanol–water partition coefficient (Wildman–Crippen LogP) is 4.94. The van der Waals surface area contributed by atoms with Crippen LogP contribution in [0.3, 0.4) is 0 Å². The number of hydrogen-bond donors (Lipinski definition) is 0. The molecule has 31 heavy (non-hydrogen) atoms. The van der Waals surface area contributed by atoms with Crippen molar-refractivity contribution in [1.82, 2.24) is 4.90 Å². The summed E-state index contributed by atoms with van der Waals surface area (Å²) in [6.45, 7) is 6.13. The van der Waals surface area contributed by atoms with Gasteiger partial charge < -0.3 is 19.1 Å². The molecular formula is C26H33NO4. The maximum absolute atomic E-state index is 13.1. The molecule has 1 amide bonds. The molecule has 2 saturated heterocycles. The molecule has 2 heterocycles. The first-order chi connectivity index (χ1) is 15.0. The van der Waals surface area contributed by atoms with Crippen molar-refractivity contribution in [2.75, 3.05) is 26.8 Å². The van der Waals surface area contributed by atoms with E-state index in [1.54, 1.807) is 7.11 Å². The summed E-state index contributed by atoms with van der Waals surface area (Å²) in [7, 11) is 1.65. The van der Waals surface area contributed by atoms with E-state index in [0.29, 0.717) is 25.3 Å². The number of piperidine rings is 1. The molecule has 0 radical (unpaired) electrons. The van der Waals surface area contributed by atoms with Gasteiger partial charge in [0.25, 0.3) is 5.91 Å². The summed E-state index contributed by atoms with van der Waals surface area (Å²) in [6.07, 6.45) is 3.68. The number of carbonyl (C=O) groups is 1. The third-order valence-corrected chi connectivity index (χ3v) is 6.65. The fourth-order valence-corrected chi connectivity index (χ4v) is 5.00. The lowest BCUT2D eigenvalue weighted by Gasteiger charge is -2.48. The second-order valence-corrected chi connectivity index (χ2v) is 8.69. The van der Waals surface area contributed by atoms with E-state index in [1.165, 1.54) is 5.56 Å². The number of nitrogens with zero attached hydrogens (tertiary/aromatic N) is 1. The lowest BCUT2D eigenvalue weighted by atomic mass is 9.80. The molecular weight excluding hydrogens is 390 g/mol. The molecule has 2 fully saturated rings. The van der Waals surface area contributed by atoms with E-state index in [4.69, 9.17) is 14.2 Å². The Morgan fingerprint density at radius 1 is 1.16 bits per heavy atom. The largest absolute Gasteiger partial charge is 0.496 e. The van der Waals surface area contributed by atoms with E-state index >= 15 is 0 Å². The van der Waals surface area contributed by atoms with Crippen molar-refractivity contribution < 1.29 is 19.0 Å². The maximum Gasteiger partial charge on any atom is 0.253 e. The third kappa shape index (κ3) is 4.78. The summed E-state index contributed by atoms with van der Waals surface area (Å²) < 4.78 is 18.1. The number of rotatable bonds is 5. The summed E-state index contributed by atoms with van der Waals surface area (Å²) in [4.78, 5) is 15.1. The minimum atomic E-state index is -0.231. The van der Waals surface area contributed by atoms with E-state index in [-0.39, 0.29) is 23.7 Å². The van der Waals surface area contributed by atoms with Gasteiger partial charge >= 0.3 is 0 Å². The number of aryl methyl sites for hydroxylation is 1. The maximum atomic E-state index is 13.1. The Morgan fingerprint density at radius 2 is 1.90 bits per heavy atom. The molecule has 2 unspecified atom stereocenters. The van der Waals surface area contributed by atoms with Crippen molar-refractivity contribution in [2.45, 2.75) is 57.3 Å². The molecule has 1 spiro atoms. The zero-order valence-corrected chi connectivity index (χ0v) is 18.8. The van der Waals surface area contributed by atoms with E-state index < -0.39 is 0 Å². The first kappa shape index (κ1) is 21.8. The van der Waals surface area contributed by atoms with Crippen LogP contribution < -0.4 is 4.74 Å². The van der Waals surface area contributed by atoms with Gasteiger partial charge in [-0.1, -0.05) is 30.3 Å². The standard InChI is InChI=1S/C26H33NO4/c1-4-30-22-17-24(20-8-6-5-7-9-20)31-26(18-22)12-14-27(15-13-26)25(28)21-10-11-23(29-3)19(2)16-21/h5-11,16,22,24H,4,12-15,17-18H2,1-3H3. The molecule has 5 heteroatoms. The highest BCUT2D eigenvalue weighted by Gasteiger charge is 2.45. The van der Waals surface area contributed by atoms with Gasteiger partial charge in [0.2, 0.25) is 0 Å². The average Bonchev–Trinajstić information content (AvgIpc) is 2.79. The molecule has 0 aromatic heterocycles. The van der Waals surface area contributed by atoms with Crippen molar-refractivity contribution >= 4 is 5.91 Å². The zero-order chi connectivity index (χ0) is 21.8. The minimum Gasteiger partial charge on any atom is -0.496 e. The highest BCUT2D eigenvalue weighted by molar-refractivity contribution is 5.94. The number of likely N-dealkylation sites (tertiary alicyclic amines) is 1. The summed E-state index contributed by atoms with van der Waals surface area (Å²) in [6, 6.07) is 16.1. The number of amides is 1. The Bertz CT molecular complexity index is 890. The zero-order valence-electron chi connectivity index (χ0n) is 18.8. The average molecular weight is 424 g/mol. The summed E-state index contributed by atoms with van der Waals surface area (Å²) >= 11 is 0. The molecule has 2 aromatic rings. The molecule has 5 nitrogen and oxygen atoms in total. The second kappa shape index (κ2) is 9.41. The van der Waals surface area contributed by atoms with Crippen molar-refractivity contribution in [3.63, 3.8) is 0 Å². The first-order valence-corrected chi connectivity index (χ1v) is 11.3. The summed E-state index contributed by atoms with van der Waals surface area (Å²) in [5.74, 6) is 0.885. The fraction of sp³-hybridized carbons (Fsp3) is 0.500. The van der Waals surface area contributed by atoms with E-state index in [9.17, 15) is 4.79 Å². The third-order valence-electron chi connectivity index (χ3n) is 6.65. The highest BCUT2D eigenvalue weighted by atomic mass is 16.5. The fourth-order valence-electron chi connectivity index (χ4n) is 5.00. The quantitative estimate of drug-likeness (QED) is 0.684. The van der Waals surface area contributed by atoms with Gasteiger partial charge in [-0.15, -0.1) is 0 Å². The number of carbonyl (C=O) groups excluding carboxylic acids is 1. The van der Waals surface area contributed by atoms with Crippen molar-refractivity contribution in [1.29, 1.82) is 0 Å². The van der Waals surface area contributed by atoms with Crippen LogP contribution in [0.25, 0.3) is 0 Å². The monoisotopic (exact) mass is 423 g/mol. The number of benzene rings is 2. The van der Waals surface area contributed by atoms with Crippen LogP contribution in [0, 0.1) is 6.92 Å². The van der Waals surface area contributed by atoms with Crippen LogP contribution in [-0.4, -0.2) is 49.3 Å². The van der Waals surface area contributed by atoms with Crippen molar-refractivity contribution in [3.05, 3.63) is 65.2 Å². The van der Waals surface area contributed by atoms with Gasteiger partial charge in [-0.3, -0.25) is 4.79 Å². The molecule has 2 aromatic carbocycles. The molecule has 2 aliphatic rings. The van der Waals surface area contributed by atoms with Crippen LogP contribution in [0.5, 0.6) is 5.75 Å². The van der Waals surface area contributed by atoms with Gasteiger partial charge in [0.05, 0.1) is 24.9 Å². The Kier molecular flexibility index (Phi) is 6.63. The van der Waals surface area contributed by atoms with Gasteiger partial charge in [-0.25, -0.2) is 0 Å². The summed E-state index contributed by atoms with van der Waals surface area (Å²) in [5, 5.41) is 0. The van der Waals surface area contributed by atoms with Gasteiger partial charge in [0.1, 0.15) is 5.75 Å². The summed E-state index contributed by atoms with van der Waals surface area (Å²) in [5.41, 5.74) is 2.67. The Morgan fingerprint density at radius 3 is 2.55 bits per heavy atom. The number of methoxy groups -OCH3 is 1.